The second-order valence-electron chi connectivity index (χ2n) is 5.99. The van der Waals surface area contributed by atoms with Crippen molar-refractivity contribution in [2.24, 2.45) is 0 Å². The average molecular weight is 326 g/mol. The maximum absolute atomic E-state index is 12.9. The van der Waals surface area contributed by atoms with Gasteiger partial charge in [-0.1, -0.05) is 11.6 Å². The Labute approximate surface area is 130 Å². The van der Waals surface area contributed by atoms with Crippen molar-refractivity contribution < 1.29 is 8.42 Å². The summed E-state index contributed by atoms with van der Waals surface area (Å²) in [7, 11) is -3.37. The lowest BCUT2D eigenvalue weighted by molar-refractivity contribution is 0.430. The van der Waals surface area contributed by atoms with Gasteiger partial charge in [-0.3, -0.25) is 0 Å². The summed E-state index contributed by atoms with van der Waals surface area (Å²) in [6.45, 7) is 5.72. The van der Waals surface area contributed by atoms with Crippen LogP contribution in [-0.2, 0) is 16.6 Å². The van der Waals surface area contributed by atoms with Gasteiger partial charge in [0.25, 0.3) is 0 Å². The normalized spacial score (nSPS) is 20.6. The van der Waals surface area contributed by atoms with Crippen molar-refractivity contribution in [3.8, 4) is 0 Å². The molecule has 2 heterocycles. The second-order valence-corrected chi connectivity index (χ2v) is 8.83. The summed E-state index contributed by atoms with van der Waals surface area (Å²) >= 11 is 1.55. The monoisotopic (exact) mass is 326 g/mol. The number of aryl methyl sites for hydroxylation is 1. The molecule has 1 N–H and O–H groups in total. The molecule has 3 rings (SSSR count). The third-order valence-corrected chi connectivity index (χ3v) is 7.44. The fraction of sp³-hybridized carbons (Fsp3) is 0.600. The minimum Gasteiger partial charge on any atom is -0.309 e. The van der Waals surface area contributed by atoms with E-state index in [2.05, 4.69) is 12.2 Å². The Morgan fingerprint density at radius 1 is 1.38 bits per heavy atom. The Hall–Kier alpha value is -0.690. The Bertz CT molecular complexity index is 657. The SMILES string of the molecule is CC1=CCN(S(=O)(=O)c2c(C)csc2CNC2CC2)CC1. The molecule has 0 unspecified atom stereocenters. The van der Waals surface area contributed by atoms with Gasteiger partial charge in [-0.25, -0.2) is 8.42 Å². The smallest absolute Gasteiger partial charge is 0.244 e. The van der Waals surface area contributed by atoms with E-state index in [1.165, 1.54) is 18.4 Å². The van der Waals surface area contributed by atoms with Crippen LogP contribution in [0.3, 0.4) is 0 Å². The molecule has 0 atom stereocenters. The molecule has 1 aliphatic carbocycles. The quantitative estimate of drug-likeness (QED) is 0.846. The van der Waals surface area contributed by atoms with Crippen molar-refractivity contribution in [2.75, 3.05) is 13.1 Å². The molecule has 1 fully saturated rings. The highest BCUT2D eigenvalue weighted by Gasteiger charge is 2.31. The Balaban J connectivity index is 1.85. The third kappa shape index (κ3) is 3.23. The van der Waals surface area contributed by atoms with Gasteiger partial charge < -0.3 is 5.32 Å². The van der Waals surface area contributed by atoms with Crippen LogP contribution in [0.2, 0.25) is 0 Å². The van der Waals surface area contributed by atoms with E-state index in [1.807, 2.05) is 18.4 Å². The zero-order valence-electron chi connectivity index (χ0n) is 12.6. The highest BCUT2D eigenvalue weighted by Crippen LogP contribution is 2.31. The molecule has 116 valence electrons. The van der Waals surface area contributed by atoms with Crippen molar-refractivity contribution in [3.05, 3.63) is 27.5 Å². The van der Waals surface area contributed by atoms with Gasteiger partial charge in [0.2, 0.25) is 10.0 Å². The number of hydrogen-bond donors (Lipinski definition) is 1. The molecule has 0 saturated heterocycles. The summed E-state index contributed by atoms with van der Waals surface area (Å²) < 4.78 is 27.5. The van der Waals surface area contributed by atoms with Crippen LogP contribution in [0.15, 0.2) is 21.9 Å². The fourth-order valence-corrected chi connectivity index (χ4v) is 5.67. The molecule has 0 spiro atoms. The minimum atomic E-state index is -3.37. The fourth-order valence-electron chi connectivity index (χ4n) is 2.58. The van der Waals surface area contributed by atoms with Gasteiger partial charge in [-0.05, 0) is 44.1 Å². The van der Waals surface area contributed by atoms with Crippen LogP contribution in [0, 0.1) is 6.92 Å². The molecule has 4 nitrogen and oxygen atoms in total. The maximum Gasteiger partial charge on any atom is 0.244 e. The van der Waals surface area contributed by atoms with Crippen molar-refractivity contribution in [1.82, 2.24) is 9.62 Å². The molecule has 2 aliphatic rings. The van der Waals surface area contributed by atoms with Gasteiger partial charge >= 0.3 is 0 Å². The first-order valence-corrected chi connectivity index (χ1v) is 9.76. The lowest BCUT2D eigenvalue weighted by Gasteiger charge is -2.25. The molecule has 0 bridgehead atoms. The van der Waals surface area contributed by atoms with E-state index in [4.69, 9.17) is 0 Å². The van der Waals surface area contributed by atoms with Crippen molar-refractivity contribution in [3.63, 3.8) is 0 Å². The Morgan fingerprint density at radius 3 is 2.76 bits per heavy atom. The number of nitrogens with one attached hydrogen (secondary N) is 1. The van der Waals surface area contributed by atoms with Crippen LogP contribution in [0.5, 0.6) is 0 Å². The number of thiophene rings is 1. The second kappa shape index (κ2) is 5.83. The lowest BCUT2D eigenvalue weighted by Crippen LogP contribution is -2.35. The first-order chi connectivity index (χ1) is 9.98. The summed E-state index contributed by atoms with van der Waals surface area (Å²) in [5.41, 5.74) is 2.15. The molecule has 0 amide bonds. The van der Waals surface area contributed by atoms with Crippen LogP contribution in [0.4, 0.5) is 0 Å². The van der Waals surface area contributed by atoms with E-state index < -0.39 is 10.0 Å². The predicted molar refractivity (Wildman–Crippen MR) is 86.1 cm³/mol. The summed E-state index contributed by atoms with van der Waals surface area (Å²) in [6.07, 6.45) is 5.27. The molecule has 1 aromatic rings. The van der Waals surface area contributed by atoms with Gasteiger partial charge in [0.1, 0.15) is 4.90 Å². The van der Waals surface area contributed by atoms with Crippen LogP contribution in [0.1, 0.15) is 36.6 Å². The third-order valence-electron chi connectivity index (χ3n) is 4.11. The topological polar surface area (TPSA) is 49.4 Å². The van der Waals surface area contributed by atoms with Crippen molar-refractivity contribution in [1.29, 1.82) is 0 Å². The summed E-state index contributed by atoms with van der Waals surface area (Å²) in [5, 5.41) is 5.38. The van der Waals surface area contributed by atoms with E-state index >= 15 is 0 Å². The van der Waals surface area contributed by atoms with E-state index in [0.29, 0.717) is 30.6 Å². The Morgan fingerprint density at radius 2 is 2.14 bits per heavy atom. The van der Waals surface area contributed by atoms with Crippen LogP contribution in [-0.4, -0.2) is 31.9 Å². The largest absolute Gasteiger partial charge is 0.309 e. The van der Waals surface area contributed by atoms with E-state index in [-0.39, 0.29) is 0 Å². The highest BCUT2D eigenvalue weighted by molar-refractivity contribution is 7.89. The molecule has 0 radical (unpaired) electrons. The average Bonchev–Trinajstić information content (AvgIpc) is 3.19. The van der Waals surface area contributed by atoms with Gasteiger partial charge in [0.15, 0.2) is 0 Å². The lowest BCUT2D eigenvalue weighted by atomic mass is 10.1. The summed E-state index contributed by atoms with van der Waals surface area (Å²) in [5.74, 6) is 0. The summed E-state index contributed by atoms with van der Waals surface area (Å²) in [6, 6.07) is 0.587. The van der Waals surface area contributed by atoms with Crippen LogP contribution in [0.25, 0.3) is 0 Å². The number of hydrogen-bond acceptors (Lipinski definition) is 4. The molecular formula is C15H22N2O2S2. The molecule has 1 aliphatic heterocycles. The maximum atomic E-state index is 12.9. The first kappa shape index (κ1) is 15.2. The van der Waals surface area contributed by atoms with Gasteiger partial charge in [0, 0.05) is 30.6 Å². The van der Waals surface area contributed by atoms with Crippen LogP contribution < -0.4 is 5.32 Å². The van der Waals surface area contributed by atoms with Crippen LogP contribution >= 0.6 is 11.3 Å². The first-order valence-electron chi connectivity index (χ1n) is 7.44. The molecule has 1 saturated carbocycles. The number of sulfonamides is 1. The molecular weight excluding hydrogens is 304 g/mol. The molecule has 21 heavy (non-hydrogen) atoms. The number of nitrogens with zero attached hydrogens (tertiary/aromatic N) is 1. The zero-order valence-corrected chi connectivity index (χ0v) is 14.2. The predicted octanol–water partition coefficient (Wildman–Crippen LogP) is 2.65. The summed E-state index contributed by atoms with van der Waals surface area (Å²) in [4.78, 5) is 1.49. The van der Waals surface area contributed by atoms with Gasteiger partial charge in [0.05, 0.1) is 0 Å². The van der Waals surface area contributed by atoms with Crippen molar-refractivity contribution in [2.45, 2.75) is 50.6 Å². The van der Waals surface area contributed by atoms with Crippen molar-refractivity contribution >= 4 is 21.4 Å². The Kier molecular flexibility index (Phi) is 4.23. The highest BCUT2D eigenvalue weighted by atomic mass is 32.2. The standard InChI is InChI=1S/C15H22N2O2S2/c1-11-5-7-17(8-6-11)21(18,19)15-12(2)10-20-14(15)9-16-13-3-4-13/h5,10,13,16H,3-4,6-9H2,1-2H3. The molecule has 6 heteroatoms. The molecule has 1 aromatic heterocycles. The van der Waals surface area contributed by atoms with E-state index in [0.717, 1.165) is 16.9 Å². The van der Waals surface area contributed by atoms with Gasteiger partial charge in [-0.15, -0.1) is 11.3 Å². The zero-order chi connectivity index (χ0) is 15.0. The van der Waals surface area contributed by atoms with E-state index in [1.54, 1.807) is 15.6 Å². The minimum absolute atomic E-state index is 0.499. The number of rotatable bonds is 5. The van der Waals surface area contributed by atoms with E-state index in [9.17, 15) is 8.42 Å². The van der Waals surface area contributed by atoms with Gasteiger partial charge in [-0.2, -0.15) is 4.31 Å². The molecule has 0 aromatic carbocycles.